The Hall–Kier alpha value is -1.15. The van der Waals surface area contributed by atoms with Crippen molar-refractivity contribution in [3.8, 4) is 0 Å². The van der Waals surface area contributed by atoms with E-state index in [4.69, 9.17) is 5.73 Å². The van der Waals surface area contributed by atoms with Gasteiger partial charge in [-0.3, -0.25) is 4.79 Å². The second kappa shape index (κ2) is 6.31. The Morgan fingerprint density at radius 2 is 2.00 bits per heavy atom. The summed E-state index contributed by atoms with van der Waals surface area (Å²) < 4.78 is 22.3. The Labute approximate surface area is 125 Å². The molecule has 0 saturated carbocycles. The number of nitrogens with two attached hydrogens (primary N) is 1. The van der Waals surface area contributed by atoms with E-state index >= 15 is 0 Å². The fraction of sp³-hybridized carbons (Fsp3) is 0.846. The standard InChI is InChI=1S/C13H24N2O5S/c1-13(2)6-4-7-15(10(13)12(17)18)11(16)9(14)5-8-21(3,19)20/h9-10H,4-8,14H2,1-3H3,(H,17,18). The zero-order valence-corrected chi connectivity index (χ0v) is 13.5. The molecule has 122 valence electrons. The summed E-state index contributed by atoms with van der Waals surface area (Å²) in [5.41, 5.74) is 5.23. The lowest BCUT2D eigenvalue weighted by molar-refractivity contribution is -0.159. The van der Waals surface area contributed by atoms with Crippen LogP contribution in [0.4, 0.5) is 0 Å². The van der Waals surface area contributed by atoms with E-state index in [1.807, 2.05) is 13.8 Å². The van der Waals surface area contributed by atoms with Crippen LogP contribution in [0.1, 0.15) is 33.1 Å². The molecule has 1 aliphatic heterocycles. The third kappa shape index (κ3) is 4.67. The van der Waals surface area contributed by atoms with Crippen LogP contribution in [0.25, 0.3) is 0 Å². The summed E-state index contributed by atoms with van der Waals surface area (Å²) >= 11 is 0. The van der Waals surface area contributed by atoms with Crippen molar-refractivity contribution in [2.24, 2.45) is 11.1 Å². The molecule has 0 aromatic rings. The molecule has 1 rings (SSSR count). The number of carbonyl (C=O) groups is 2. The number of sulfone groups is 1. The Kier molecular flexibility index (Phi) is 5.38. The molecular weight excluding hydrogens is 296 g/mol. The van der Waals surface area contributed by atoms with Crippen molar-refractivity contribution in [2.45, 2.75) is 45.2 Å². The van der Waals surface area contributed by atoms with Crippen molar-refractivity contribution in [3.05, 3.63) is 0 Å². The molecular formula is C13H24N2O5S. The zero-order valence-electron chi connectivity index (χ0n) is 12.7. The molecule has 2 unspecified atom stereocenters. The predicted octanol–water partition coefficient (Wildman–Crippen LogP) is -0.150. The second-order valence-corrected chi connectivity index (χ2v) is 8.65. The van der Waals surface area contributed by atoms with Gasteiger partial charge in [-0.1, -0.05) is 13.8 Å². The molecule has 0 aliphatic carbocycles. The number of carboxylic acids is 1. The van der Waals surface area contributed by atoms with Gasteiger partial charge in [-0.2, -0.15) is 0 Å². The number of carbonyl (C=O) groups excluding carboxylic acids is 1. The van der Waals surface area contributed by atoms with Gasteiger partial charge < -0.3 is 15.7 Å². The minimum absolute atomic E-state index is 0.000927. The van der Waals surface area contributed by atoms with Crippen LogP contribution in [0.3, 0.4) is 0 Å². The number of rotatable bonds is 5. The lowest BCUT2D eigenvalue weighted by Crippen LogP contribution is -2.59. The van der Waals surface area contributed by atoms with E-state index in [-0.39, 0.29) is 12.2 Å². The minimum atomic E-state index is -3.20. The van der Waals surface area contributed by atoms with Crippen LogP contribution in [0.15, 0.2) is 0 Å². The maximum atomic E-state index is 12.4. The molecule has 7 nitrogen and oxygen atoms in total. The summed E-state index contributed by atoms with van der Waals surface area (Å²) in [5.74, 6) is -1.73. The molecule has 1 heterocycles. The van der Waals surface area contributed by atoms with Crippen molar-refractivity contribution in [1.29, 1.82) is 0 Å². The van der Waals surface area contributed by atoms with Gasteiger partial charge in [0.25, 0.3) is 0 Å². The summed E-state index contributed by atoms with van der Waals surface area (Å²) in [7, 11) is -3.20. The smallest absolute Gasteiger partial charge is 0.326 e. The number of hydrogen-bond acceptors (Lipinski definition) is 5. The van der Waals surface area contributed by atoms with Gasteiger partial charge in [-0.15, -0.1) is 0 Å². The number of amides is 1. The van der Waals surface area contributed by atoms with Crippen molar-refractivity contribution in [3.63, 3.8) is 0 Å². The largest absolute Gasteiger partial charge is 0.480 e. The fourth-order valence-electron chi connectivity index (χ4n) is 2.78. The molecule has 3 N–H and O–H groups in total. The van der Waals surface area contributed by atoms with Crippen LogP contribution < -0.4 is 5.73 Å². The van der Waals surface area contributed by atoms with E-state index in [1.54, 1.807) is 0 Å². The van der Waals surface area contributed by atoms with Crippen molar-refractivity contribution in [1.82, 2.24) is 4.90 Å². The summed E-state index contributed by atoms with van der Waals surface area (Å²) in [5, 5.41) is 9.40. The van der Waals surface area contributed by atoms with Crippen LogP contribution in [0, 0.1) is 5.41 Å². The first-order valence-electron chi connectivity index (χ1n) is 6.92. The lowest BCUT2D eigenvalue weighted by atomic mass is 9.76. The number of hydrogen-bond donors (Lipinski definition) is 2. The highest BCUT2D eigenvalue weighted by Gasteiger charge is 2.45. The molecule has 8 heteroatoms. The minimum Gasteiger partial charge on any atom is -0.480 e. The number of likely N-dealkylation sites (tertiary alicyclic amines) is 1. The predicted molar refractivity (Wildman–Crippen MR) is 78.5 cm³/mol. The van der Waals surface area contributed by atoms with Gasteiger partial charge in [0.05, 0.1) is 11.8 Å². The summed E-state index contributed by atoms with van der Waals surface area (Å²) in [6.45, 7) is 3.96. The van der Waals surface area contributed by atoms with E-state index < -0.39 is 39.2 Å². The third-order valence-corrected chi connectivity index (χ3v) is 4.88. The zero-order chi connectivity index (χ0) is 16.4. The fourth-order valence-corrected chi connectivity index (χ4v) is 3.46. The molecule has 0 bridgehead atoms. The monoisotopic (exact) mass is 320 g/mol. The summed E-state index contributed by atoms with van der Waals surface area (Å²) in [6, 6.07) is -1.92. The van der Waals surface area contributed by atoms with Gasteiger partial charge >= 0.3 is 5.97 Å². The van der Waals surface area contributed by atoms with Crippen molar-refractivity contribution >= 4 is 21.7 Å². The molecule has 1 saturated heterocycles. The molecule has 21 heavy (non-hydrogen) atoms. The number of aliphatic carboxylic acids is 1. The van der Waals surface area contributed by atoms with E-state index in [2.05, 4.69) is 0 Å². The van der Waals surface area contributed by atoms with Crippen LogP contribution >= 0.6 is 0 Å². The van der Waals surface area contributed by atoms with E-state index in [1.165, 1.54) is 4.90 Å². The number of piperidine rings is 1. The molecule has 0 spiro atoms. The summed E-state index contributed by atoms with van der Waals surface area (Å²) in [6.07, 6.45) is 2.50. The van der Waals surface area contributed by atoms with Gasteiger partial charge in [0.15, 0.2) is 0 Å². The van der Waals surface area contributed by atoms with E-state index in [0.717, 1.165) is 6.26 Å². The average molecular weight is 320 g/mol. The van der Waals surface area contributed by atoms with Crippen LogP contribution in [-0.4, -0.2) is 60.9 Å². The Bertz CT molecular complexity index is 515. The highest BCUT2D eigenvalue weighted by molar-refractivity contribution is 7.90. The van der Waals surface area contributed by atoms with E-state index in [0.29, 0.717) is 19.4 Å². The van der Waals surface area contributed by atoms with Crippen LogP contribution in [0.5, 0.6) is 0 Å². The van der Waals surface area contributed by atoms with Crippen LogP contribution in [0.2, 0.25) is 0 Å². The molecule has 0 radical (unpaired) electrons. The second-order valence-electron chi connectivity index (χ2n) is 6.39. The van der Waals surface area contributed by atoms with Gasteiger partial charge in [-0.25, -0.2) is 13.2 Å². The third-order valence-electron chi connectivity index (χ3n) is 3.91. The maximum absolute atomic E-state index is 12.4. The quantitative estimate of drug-likeness (QED) is 0.727. The first-order chi connectivity index (χ1) is 9.46. The summed E-state index contributed by atoms with van der Waals surface area (Å²) in [4.78, 5) is 25.1. The molecule has 0 aromatic heterocycles. The normalized spacial score (nSPS) is 23.6. The first kappa shape index (κ1) is 17.9. The molecule has 1 fully saturated rings. The highest BCUT2D eigenvalue weighted by atomic mass is 32.2. The van der Waals surface area contributed by atoms with Crippen LogP contribution in [-0.2, 0) is 19.4 Å². The molecule has 1 amide bonds. The Morgan fingerprint density at radius 3 is 2.48 bits per heavy atom. The molecule has 1 aliphatic rings. The first-order valence-corrected chi connectivity index (χ1v) is 8.98. The molecule has 0 aromatic carbocycles. The maximum Gasteiger partial charge on any atom is 0.326 e. The van der Waals surface area contributed by atoms with Gasteiger partial charge in [0, 0.05) is 12.8 Å². The van der Waals surface area contributed by atoms with Gasteiger partial charge in [0.1, 0.15) is 15.9 Å². The van der Waals surface area contributed by atoms with Gasteiger partial charge in [0.2, 0.25) is 5.91 Å². The topological polar surface area (TPSA) is 118 Å². The van der Waals surface area contributed by atoms with E-state index in [9.17, 15) is 23.1 Å². The Balaban J connectivity index is 2.86. The van der Waals surface area contributed by atoms with Crippen molar-refractivity contribution < 1.29 is 23.1 Å². The lowest BCUT2D eigenvalue weighted by Gasteiger charge is -2.44. The number of nitrogens with zero attached hydrogens (tertiary/aromatic N) is 1. The molecule has 2 atom stereocenters. The Morgan fingerprint density at radius 1 is 1.43 bits per heavy atom. The highest BCUT2D eigenvalue weighted by Crippen LogP contribution is 2.35. The van der Waals surface area contributed by atoms with Crippen molar-refractivity contribution in [2.75, 3.05) is 18.6 Å². The SMILES string of the molecule is CC1(C)CCCN(C(=O)C(N)CCS(C)(=O)=O)C1C(=O)O. The van der Waals surface area contributed by atoms with Gasteiger partial charge in [-0.05, 0) is 24.7 Å². The average Bonchev–Trinajstić information content (AvgIpc) is 2.32. The number of carboxylic acid groups (broad SMARTS) is 1.